The van der Waals surface area contributed by atoms with E-state index in [1.807, 2.05) is 0 Å². The standard InChI is InChI=1S/C9H12FN3O2S/c1-4-6(14)2-7(15-4)13-3-5(10)8(11)12-9(13)16/h3-4,6-7,14H,2H2,1H3,(H2,11,12,16)/t4-,6+,7-/m1/s1. The van der Waals surface area contributed by atoms with Gasteiger partial charge >= 0.3 is 0 Å². The van der Waals surface area contributed by atoms with Gasteiger partial charge in [0.05, 0.1) is 12.2 Å². The van der Waals surface area contributed by atoms with E-state index in [0.717, 1.165) is 6.20 Å². The molecule has 16 heavy (non-hydrogen) atoms. The highest BCUT2D eigenvalue weighted by Crippen LogP contribution is 2.28. The average molecular weight is 245 g/mol. The van der Waals surface area contributed by atoms with E-state index in [4.69, 9.17) is 22.7 Å². The first-order valence-corrected chi connectivity index (χ1v) is 5.27. The average Bonchev–Trinajstić information content (AvgIpc) is 2.53. The topological polar surface area (TPSA) is 73.3 Å². The van der Waals surface area contributed by atoms with Crippen LogP contribution in [0.5, 0.6) is 0 Å². The van der Waals surface area contributed by atoms with Gasteiger partial charge in [0.25, 0.3) is 0 Å². The van der Waals surface area contributed by atoms with Crippen molar-refractivity contribution in [3.63, 3.8) is 0 Å². The zero-order chi connectivity index (χ0) is 11.9. The van der Waals surface area contributed by atoms with Crippen LogP contribution >= 0.6 is 12.2 Å². The predicted molar refractivity (Wildman–Crippen MR) is 57.6 cm³/mol. The smallest absolute Gasteiger partial charge is 0.203 e. The summed E-state index contributed by atoms with van der Waals surface area (Å²) in [5, 5.41) is 9.53. The number of nitrogens with two attached hydrogens (primary N) is 1. The fourth-order valence-corrected chi connectivity index (χ4v) is 1.90. The molecule has 1 aliphatic rings. The molecule has 3 atom stereocenters. The van der Waals surface area contributed by atoms with Crippen LogP contribution in [0.4, 0.5) is 10.2 Å². The van der Waals surface area contributed by atoms with Crippen LogP contribution < -0.4 is 5.73 Å². The molecule has 88 valence electrons. The fraction of sp³-hybridized carbons (Fsp3) is 0.556. The van der Waals surface area contributed by atoms with Gasteiger partial charge in [-0.3, -0.25) is 4.57 Å². The van der Waals surface area contributed by atoms with E-state index in [9.17, 15) is 9.50 Å². The van der Waals surface area contributed by atoms with Gasteiger partial charge < -0.3 is 15.6 Å². The van der Waals surface area contributed by atoms with Crippen LogP contribution in [0.1, 0.15) is 19.6 Å². The molecular weight excluding hydrogens is 233 g/mol. The van der Waals surface area contributed by atoms with E-state index in [-0.39, 0.29) is 16.7 Å². The number of hydrogen-bond acceptors (Lipinski definition) is 5. The number of halogens is 1. The monoisotopic (exact) mass is 245 g/mol. The Balaban J connectivity index is 2.35. The van der Waals surface area contributed by atoms with Gasteiger partial charge in [-0.15, -0.1) is 0 Å². The second kappa shape index (κ2) is 4.08. The number of nitrogen functional groups attached to an aromatic ring is 1. The molecule has 0 spiro atoms. The summed E-state index contributed by atoms with van der Waals surface area (Å²) in [4.78, 5) is 3.69. The van der Waals surface area contributed by atoms with Crippen molar-refractivity contribution in [2.45, 2.75) is 31.8 Å². The van der Waals surface area contributed by atoms with Gasteiger partial charge in [-0.1, -0.05) is 0 Å². The lowest BCUT2D eigenvalue weighted by Crippen LogP contribution is -2.15. The summed E-state index contributed by atoms with van der Waals surface area (Å²) in [7, 11) is 0. The Morgan fingerprint density at radius 3 is 3.00 bits per heavy atom. The van der Waals surface area contributed by atoms with Crippen molar-refractivity contribution >= 4 is 18.0 Å². The number of nitrogens with zero attached hydrogens (tertiary/aromatic N) is 2. The normalized spacial score (nSPS) is 29.6. The molecule has 0 amide bonds. The predicted octanol–water partition coefficient (Wildman–Crippen LogP) is 1.00. The van der Waals surface area contributed by atoms with Crippen molar-refractivity contribution in [2.24, 2.45) is 0 Å². The minimum absolute atomic E-state index is 0.144. The Morgan fingerprint density at radius 2 is 2.44 bits per heavy atom. The molecule has 7 heteroatoms. The van der Waals surface area contributed by atoms with E-state index in [1.54, 1.807) is 6.92 Å². The van der Waals surface area contributed by atoms with Crippen molar-refractivity contribution in [1.29, 1.82) is 0 Å². The molecule has 0 unspecified atom stereocenters. The second-order valence-electron chi connectivity index (χ2n) is 3.76. The van der Waals surface area contributed by atoms with E-state index in [2.05, 4.69) is 4.98 Å². The number of aliphatic hydroxyl groups excluding tert-OH is 1. The van der Waals surface area contributed by atoms with Gasteiger partial charge in [-0.25, -0.2) is 4.39 Å². The number of rotatable bonds is 1. The second-order valence-corrected chi connectivity index (χ2v) is 4.13. The van der Waals surface area contributed by atoms with Crippen LogP contribution in [0.15, 0.2) is 6.20 Å². The van der Waals surface area contributed by atoms with E-state index < -0.39 is 18.1 Å². The summed E-state index contributed by atoms with van der Waals surface area (Å²) in [6.45, 7) is 1.75. The Hall–Kier alpha value is -1.05. The highest BCUT2D eigenvalue weighted by Gasteiger charge is 2.32. The van der Waals surface area contributed by atoms with Crippen molar-refractivity contribution in [2.75, 3.05) is 5.73 Å². The number of ether oxygens (including phenoxy) is 1. The van der Waals surface area contributed by atoms with Gasteiger partial charge in [0, 0.05) is 12.6 Å². The molecule has 1 aliphatic heterocycles. The maximum Gasteiger partial charge on any atom is 0.203 e. The molecule has 2 rings (SSSR count). The van der Waals surface area contributed by atoms with Gasteiger partial charge in [0.15, 0.2) is 11.6 Å². The lowest BCUT2D eigenvalue weighted by molar-refractivity contribution is -0.00954. The zero-order valence-electron chi connectivity index (χ0n) is 8.63. The van der Waals surface area contributed by atoms with Crippen LogP contribution in [0.25, 0.3) is 0 Å². The zero-order valence-corrected chi connectivity index (χ0v) is 9.45. The molecule has 1 aromatic heterocycles. The number of aromatic nitrogens is 2. The molecular formula is C9H12FN3O2S. The molecule has 2 heterocycles. The fourth-order valence-electron chi connectivity index (χ4n) is 1.64. The van der Waals surface area contributed by atoms with E-state index >= 15 is 0 Å². The molecule has 1 fully saturated rings. The molecule has 0 bridgehead atoms. The molecule has 0 saturated carbocycles. The van der Waals surface area contributed by atoms with E-state index in [1.165, 1.54) is 4.57 Å². The number of hydrogen-bond donors (Lipinski definition) is 2. The van der Waals surface area contributed by atoms with Crippen molar-refractivity contribution in [1.82, 2.24) is 9.55 Å². The highest BCUT2D eigenvalue weighted by atomic mass is 32.1. The minimum Gasteiger partial charge on any atom is -0.390 e. The SMILES string of the molecule is C[C@H]1O[C@@H](n2cc(F)c(N)nc2=S)C[C@@H]1O. The summed E-state index contributed by atoms with van der Waals surface area (Å²) in [6.07, 6.45) is 0.153. The maximum atomic E-state index is 13.2. The Labute approximate surface area is 96.7 Å². The first-order chi connectivity index (χ1) is 7.49. The van der Waals surface area contributed by atoms with Crippen LogP contribution in [0, 0.1) is 10.6 Å². The Morgan fingerprint density at radius 1 is 1.75 bits per heavy atom. The van der Waals surface area contributed by atoms with Crippen LogP contribution in [-0.4, -0.2) is 26.9 Å². The molecule has 0 aliphatic carbocycles. The third-order valence-electron chi connectivity index (χ3n) is 2.60. The molecule has 0 radical (unpaired) electrons. The van der Waals surface area contributed by atoms with Gasteiger partial charge in [0.2, 0.25) is 4.77 Å². The van der Waals surface area contributed by atoms with Crippen molar-refractivity contribution < 1.29 is 14.2 Å². The van der Waals surface area contributed by atoms with Gasteiger partial charge in [-0.05, 0) is 19.1 Å². The lowest BCUT2D eigenvalue weighted by atomic mass is 10.2. The quantitative estimate of drug-likeness (QED) is 0.722. The van der Waals surface area contributed by atoms with E-state index in [0.29, 0.717) is 6.42 Å². The van der Waals surface area contributed by atoms with Crippen LogP contribution in [0.2, 0.25) is 0 Å². The summed E-state index contributed by atoms with van der Waals surface area (Å²) in [6, 6.07) is 0. The Kier molecular flexibility index (Phi) is 2.92. The lowest BCUT2D eigenvalue weighted by Gasteiger charge is -2.14. The van der Waals surface area contributed by atoms with Crippen LogP contribution in [-0.2, 0) is 4.74 Å². The highest BCUT2D eigenvalue weighted by molar-refractivity contribution is 7.71. The maximum absolute atomic E-state index is 13.2. The largest absolute Gasteiger partial charge is 0.390 e. The molecule has 0 aromatic carbocycles. The minimum atomic E-state index is -0.647. The first kappa shape index (κ1) is 11.4. The third kappa shape index (κ3) is 1.93. The summed E-state index contributed by atoms with van der Waals surface area (Å²) in [5.74, 6) is -0.876. The van der Waals surface area contributed by atoms with Crippen LogP contribution in [0.3, 0.4) is 0 Å². The third-order valence-corrected chi connectivity index (χ3v) is 2.90. The number of anilines is 1. The first-order valence-electron chi connectivity index (χ1n) is 4.86. The van der Waals surface area contributed by atoms with Gasteiger partial charge in [0.1, 0.15) is 6.23 Å². The molecule has 1 saturated heterocycles. The molecule has 3 N–H and O–H groups in total. The number of aliphatic hydroxyl groups is 1. The van der Waals surface area contributed by atoms with Gasteiger partial charge in [-0.2, -0.15) is 4.98 Å². The summed E-state index contributed by atoms with van der Waals surface area (Å²) >= 11 is 4.96. The molecule has 5 nitrogen and oxygen atoms in total. The summed E-state index contributed by atoms with van der Waals surface area (Å²) < 4.78 is 20.2. The van der Waals surface area contributed by atoms with Crippen molar-refractivity contribution in [3.05, 3.63) is 16.8 Å². The Bertz CT molecular complexity index is 455. The summed E-state index contributed by atoms with van der Waals surface area (Å²) in [5.41, 5.74) is 5.29. The van der Waals surface area contributed by atoms with Crippen molar-refractivity contribution in [3.8, 4) is 0 Å². The molecule has 1 aromatic rings.